The van der Waals surface area contributed by atoms with Gasteiger partial charge in [0.25, 0.3) is 0 Å². The predicted octanol–water partition coefficient (Wildman–Crippen LogP) is 3.44. The molecule has 1 fully saturated rings. The lowest BCUT2D eigenvalue weighted by Crippen LogP contribution is -2.38. The van der Waals surface area contributed by atoms with Gasteiger partial charge in [0.15, 0.2) is 0 Å². The molecular weight excluding hydrogens is 292 g/mol. The van der Waals surface area contributed by atoms with E-state index in [1.807, 2.05) is 6.92 Å². The van der Waals surface area contributed by atoms with Gasteiger partial charge in [0.1, 0.15) is 16.5 Å². The Kier molecular flexibility index (Phi) is 4.64. The maximum absolute atomic E-state index is 4.79. The minimum atomic E-state index is 0.805. The van der Waals surface area contributed by atoms with Crippen LogP contribution in [0.5, 0.6) is 0 Å². The first-order valence-electron chi connectivity index (χ1n) is 8.30. The first-order valence-corrected chi connectivity index (χ1v) is 9.11. The number of nitrogens with zero attached hydrogens (tertiary/aromatic N) is 3. The van der Waals surface area contributed by atoms with Crippen LogP contribution >= 0.6 is 11.3 Å². The van der Waals surface area contributed by atoms with Crippen LogP contribution in [0.2, 0.25) is 0 Å². The number of fused-ring (bicyclic) bond motifs is 1. The van der Waals surface area contributed by atoms with Crippen LogP contribution in [0.1, 0.15) is 36.0 Å². The van der Waals surface area contributed by atoms with Gasteiger partial charge >= 0.3 is 0 Å². The summed E-state index contributed by atoms with van der Waals surface area (Å²) in [6.45, 7) is 13.0. The van der Waals surface area contributed by atoms with Gasteiger partial charge in [-0.1, -0.05) is 6.92 Å². The Labute approximate surface area is 137 Å². The molecule has 0 unspecified atom stereocenters. The number of hydrogen-bond acceptors (Lipinski definition) is 5. The Bertz CT molecular complexity index is 656. The molecule has 5 heteroatoms. The van der Waals surface area contributed by atoms with Crippen molar-refractivity contribution in [1.29, 1.82) is 0 Å². The number of aryl methyl sites for hydroxylation is 3. The average Bonchev–Trinajstić information content (AvgIpc) is 2.79. The van der Waals surface area contributed by atoms with E-state index in [0.29, 0.717) is 0 Å². The van der Waals surface area contributed by atoms with Gasteiger partial charge in [-0.05, 0) is 58.2 Å². The van der Waals surface area contributed by atoms with Crippen molar-refractivity contribution in [3.05, 3.63) is 16.3 Å². The Hall–Kier alpha value is -1.20. The summed E-state index contributed by atoms with van der Waals surface area (Å²) in [6, 6.07) is 0. The first kappa shape index (κ1) is 15.7. The van der Waals surface area contributed by atoms with Gasteiger partial charge in [-0.2, -0.15) is 0 Å². The largest absolute Gasteiger partial charge is 0.356 e. The van der Waals surface area contributed by atoms with Crippen molar-refractivity contribution in [3.63, 3.8) is 0 Å². The van der Waals surface area contributed by atoms with Gasteiger partial charge in [-0.15, -0.1) is 11.3 Å². The highest BCUT2D eigenvalue weighted by Gasteiger charge is 2.23. The fourth-order valence-electron chi connectivity index (χ4n) is 3.26. The van der Waals surface area contributed by atoms with Crippen LogP contribution in [0.3, 0.4) is 0 Å². The monoisotopic (exact) mass is 318 g/mol. The Balaban J connectivity index is 1.85. The number of aromatic nitrogens is 2. The molecule has 0 amide bonds. The molecule has 1 aliphatic rings. The van der Waals surface area contributed by atoms with E-state index >= 15 is 0 Å². The quantitative estimate of drug-likeness (QED) is 0.937. The molecule has 3 heterocycles. The van der Waals surface area contributed by atoms with Crippen LogP contribution in [0.15, 0.2) is 0 Å². The predicted molar refractivity (Wildman–Crippen MR) is 95.1 cm³/mol. The molecule has 0 aromatic carbocycles. The standard InChI is InChI=1S/C17H26N4S/c1-5-18-10-14-6-8-21(9-7-14)16-15-11(2)12(3)22-17(15)20-13(4)19-16/h14,18H,5-10H2,1-4H3. The zero-order valence-corrected chi connectivity index (χ0v) is 14.9. The lowest BCUT2D eigenvalue weighted by atomic mass is 9.96. The smallest absolute Gasteiger partial charge is 0.141 e. The highest BCUT2D eigenvalue weighted by Crippen LogP contribution is 2.36. The van der Waals surface area contributed by atoms with Crippen LogP contribution < -0.4 is 10.2 Å². The molecule has 3 rings (SSSR count). The number of rotatable bonds is 4. The highest BCUT2D eigenvalue weighted by molar-refractivity contribution is 7.18. The molecule has 4 nitrogen and oxygen atoms in total. The van der Waals surface area contributed by atoms with Crippen molar-refractivity contribution in [2.24, 2.45) is 5.92 Å². The molecule has 1 N–H and O–H groups in total. The van der Waals surface area contributed by atoms with Gasteiger partial charge in [-0.25, -0.2) is 9.97 Å². The summed E-state index contributed by atoms with van der Waals surface area (Å²) in [5.41, 5.74) is 1.35. The van der Waals surface area contributed by atoms with Crippen molar-refractivity contribution in [3.8, 4) is 0 Å². The topological polar surface area (TPSA) is 41.0 Å². The summed E-state index contributed by atoms with van der Waals surface area (Å²) in [7, 11) is 0. The summed E-state index contributed by atoms with van der Waals surface area (Å²) >= 11 is 1.79. The van der Waals surface area contributed by atoms with E-state index in [-0.39, 0.29) is 0 Å². The molecule has 120 valence electrons. The second-order valence-electron chi connectivity index (χ2n) is 6.30. The number of nitrogens with one attached hydrogen (secondary N) is 1. The van der Waals surface area contributed by atoms with Crippen molar-refractivity contribution >= 4 is 27.4 Å². The zero-order valence-electron chi connectivity index (χ0n) is 14.1. The average molecular weight is 318 g/mol. The van der Waals surface area contributed by atoms with Crippen LogP contribution in [-0.2, 0) is 0 Å². The number of anilines is 1. The third kappa shape index (κ3) is 2.97. The molecule has 0 bridgehead atoms. The summed E-state index contributed by atoms with van der Waals surface area (Å²) < 4.78 is 0. The second kappa shape index (κ2) is 6.50. The summed E-state index contributed by atoms with van der Waals surface area (Å²) in [4.78, 5) is 14.4. The SMILES string of the molecule is CCNCC1CCN(c2nc(C)nc3sc(C)c(C)c23)CC1. The van der Waals surface area contributed by atoms with E-state index in [2.05, 4.69) is 36.0 Å². The molecule has 0 radical (unpaired) electrons. The van der Waals surface area contributed by atoms with Crippen LogP contribution in [0.4, 0.5) is 5.82 Å². The number of thiophene rings is 1. The molecule has 0 aliphatic carbocycles. The molecule has 1 aliphatic heterocycles. The van der Waals surface area contributed by atoms with E-state index in [4.69, 9.17) is 4.98 Å². The molecule has 2 aromatic heterocycles. The maximum atomic E-state index is 4.79. The Morgan fingerprint density at radius 1 is 1.18 bits per heavy atom. The fraction of sp³-hybridized carbons (Fsp3) is 0.647. The fourth-order valence-corrected chi connectivity index (χ4v) is 4.33. The van der Waals surface area contributed by atoms with Crippen LogP contribution in [-0.4, -0.2) is 36.1 Å². The van der Waals surface area contributed by atoms with Crippen molar-refractivity contribution in [2.75, 3.05) is 31.1 Å². The number of hydrogen-bond donors (Lipinski definition) is 1. The van der Waals surface area contributed by atoms with E-state index < -0.39 is 0 Å². The summed E-state index contributed by atoms with van der Waals surface area (Å²) in [5.74, 6) is 2.85. The Morgan fingerprint density at radius 3 is 2.59 bits per heavy atom. The molecular formula is C17H26N4S. The molecule has 1 saturated heterocycles. The van der Waals surface area contributed by atoms with E-state index in [0.717, 1.165) is 48.6 Å². The highest BCUT2D eigenvalue weighted by atomic mass is 32.1. The minimum absolute atomic E-state index is 0.805. The summed E-state index contributed by atoms with van der Waals surface area (Å²) in [5, 5.41) is 4.76. The third-order valence-corrected chi connectivity index (χ3v) is 5.82. The van der Waals surface area contributed by atoms with Gasteiger partial charge < -0.3 is 10.2 Å². The first-order chi connectivity index (χ1) is 10.6. The van der Waals surface area contributed by atoms with Crippen molar-refractivity contribution < 1.29 is 0 Å². The molecule has 0 saturated carbocycles. The van der Waals surface area contributed by atoms with E-state index in [9.17, 15) is 0 Å². The molecule has 2 aromatic rings. The summed E-state index contributed by atoms with van der Waals surface area (Å²) in [6.07, 6.45) is 2.50. The third-order valence-electron chi connectivity index (χ3n) is 4.72. The second-order valence-corrected chi connectivity index (χ2v) is 7.50. The molecule has 22 heavy (non-hydrogen) atoms. The van der Waals surface area contributed by atoms with Crippen molar-refractivity contribution in [2.45, 2.75) is 40.5 Å². The van der Waals surface area contributed by atoms with Gasteiger partial charge in [0, 0.05) is 18.0 Å². The minimum Gasteiger partial charge on any atom is -0.356 e. The normalized spacial score (nSPS) is 16.6. The maximum Gasteiger partial charge on any atom is 0.141 e. The Morgan fingerprint density at radius 2 is 1.91 bits per heavy atom. The molecule has 0 atom stereocenters. The van der Waals surface area contributed by atoms with E-state index in [1.165, 1.54) is 28.7 Å². The van der Waals surface area contributed by atoms with Gasteiger partial charge in [0.2, 0.25) is 0 Å². The zero-order chi connectivity index (χ0) is 15.7. The molecule has 0 spiro atoms. The van der Waals surface area contributed by atoms with Gasteiger partial charge in [0.05, 0.1) is 5.39 Å². The van der Waals surface area contributed by atoms with Crippen LogP contribution in [0, 0.1) is 26.7 Å². The van der Waals surface area contributed by atoms with Crippen LogP contribution in [0.25, 0.3) is 10.2 Å². The lowest BCUT2D eigenvalue weighted by molar-refractivity contribution is 0.385. The lowest BCUT2D eigenvalue weighted by Gasteiger charge is -2.33. The van der Waals surface area contributed by atoms with Gasteiger partial charge in [-0.3, -0.25) is 0 Å². The number of piperidine rings is 1. The van der Waals surface area contributed by atoms with Crippen molar-refractivity contribution in [1.82, 2.24) is 15.3 Å². The van der Waals surface area contributed by atoms with E-state index in [1.54, 1.807) is 11.3 Å².